The number of nitrogens with one attached hydrogen (secondary N) is 1. The lowest BCUT2D eigenvalue weighted by Gasteiger charge is -2.16. The molecule has 1 N–H and O–H groups in total. The Hall–Kier alpha value is -2.57. The molecule has 0 aliphatic heterocycles. The third-order valence-electron chi connectivity index (χ3n) is 4.67. The first-order valence-corrected chi connectivity index (χ1v) is 8.80. The van der Waals surface area contributed by atoms with Crippen LogP contribution in [0.25, 0.3) is 5.69 Å². The highest BCUT2D eigenvalue weighted by atomic mass is 19.1. The Morgan fingerprint density at radius 3 is 2.52 bits per heavy atom. The molecule has 0 saturated heterocycles. The smallest absolute Gasteiger partial charge is 0.151 e. The fourth-order valence-electron chi connectivity index (χ4n) is 3.15. The van der Waals surface area contributed by atoms with Crippen molar-refractivity contribution in [3.63, 3.8) is 0 Å². The minimum Gasteiger partial charge on any atom is -0.375 e. The van der Waals surface area contributed by atoms with Crippen molar-refractivity contribution in [3.05, 3.63) is 82.7 Å². The van der Waals surface area contributed by atoms with Crippen molar-refractivity contribution in [2.45, 2.75) is 26.5 Å². The van der Waals surface area contributed by atoms with Crippen LogP contribution in [0.5, 0.6) is 0 Å². The van der Waals surface area contributed by atoms with Gasteiger partial charge in [-0.2, -0.15) is 5.10 Å². The Bertz CT molecular complexity index is 909. The summed E-state index contributed by atoms with van der Waals surface area (Å²) < 4.78 is 34.4. The molecule has 4 nitrogen and oxygen atoms in total. The molecule has 1 heterocycles. The molecule has 0 spiro atoms. The zero-order chi connectivity index (χ0) is 19.4. The van der Waals surface area contributed by atoms with E-state index >= 15 is 0 Å². The molecule has 0 aliphatic rings. The fourth-order valence-corrected chi connectivity index (χ4v) is 3.15. The van der Waals surface area contributed by atoms with E-state index < -0.39 is 11.6 Å². The van der Waals surface area contributed by atoms with Gasteiger partial charge in [0.05, 0.1) is 11.8 Å². The highest BCUT2D eigenvalue weighted by Crippen LogP contribution is 2.21. The van der Waals surface area contributed by atoms with E-state index in [-0.39, 0.29) is 11.8 Å². The van der Waals surface area contributed by atoms with E-state index in [1.807, 2.05) is 44.2 Å². The van der Waals surface area contributed by atoms with Gasteiger partial charge >= 0.3 is 0 Å². The summed E-state index contributed by atoms with van der Waals surface area (Å²) in [6, 6.07) is 13.5. The van der Waals surface area contributed by atoms with Gasteiger partial charge in [-0.1, -0.05) is 30.3 Å². The number of hydrogen-bond acceptors (Lipinski definition) is 3. The zero-order valence-electron chi connectivity index (χ0n) is 15.7. The van der Waals surface area contributed by atoms with Gasteiger partial charge in [0.25, 0.3) is 0 Å². The average Bonchev–Trinajstić information content (AvgIpc) is 2.94. The fraction of sp³-hybridized carbons (Fsp3) is 0.286. The van der Waals surface area contributed by atoms with E-state index in [1.165, 1.54) is 16.8 Å². The number of aromatic nitrogens is 2. The maximum atomic E-state index is 14.1. The van der Waals surface area contributed by atoms with Gasteiger partial charge in [-0.25, -0.2) is 13.5 Å². The molecule has 3 rings (SSSR count). The van der Waals surface area contributed by atoms with Crippen molar-refractivity contribution in [1.82, 2.24) is 15.1 Å². The summed E-state index contributed by atoms with van der Waals surface area (Å²) in [4.78, 5) is 0. The number of aryl methyl sites for hydroxylation is 1. The zero-order valence-corrected chi connectivity index (χ0v) is 15.7. The predicted molar refractivity (Wildman–Crippen MR) is 101 cm³/mol. The molecule has 0 fully saturated rings. The van der Waals surface area contributed by atoms with Gasteiger partial charge in [-0.3, -0.25) is 0 Å². The Labute approximate surface area is 157 Å². The SMILES string of the molecule is CO[C@H](CNCc1c(C)nn(-c2ccc(F)cc2F)c1C)c1ccccc1. The molecular weight excluding hydrogens is 348 g/mol. The van der Waals surface area contributed by atoms with Crippen LogP contribution in [0.15, 0.2) is 48.5 Å². The van der Waals surface area contributed by atoms with Crippen LogP contribution in [0, 0.1) is 25.5 Å². The highest BCUT2D eigenvalue weighted by Gasteiger charge is 2.16. The molecule has 1 atom stereocenters. The van der Waals surface area contributed by atoms with Crippen molar-refractivity contribution < 1.29 is 13.5 Å². The van der Waals surface area contributed by atoms with E-state index in [9.17, 15) is 8.78 Å². The molecule has 142 valence electrons. The molecule has 2 aromatic carbocycles. The van der Waals surface area contributed by atoms with E-state index in [2.05, 4.69) is 10.4 Å². The molecule has 0 aliphatic carbocycles. The van der Waals surface area contributed by atoms with Crippen LogP contribution < -0.4 is 5.32 Å². The monoisotopic (exact) mass is 371 g/mol. The molecular formula is C21H23F2N3O. The predicted octanol–water partition coefficient (Wildman–Crippen LogP) is 4.24. The van der Waals surface area contributed by atoms with Crippen LogP contribution in [-0.4, -0.2) is 23.4 Å². The Morgan fingerprint density at radius 2 is 1.85 bits per heavy atom. The Morgan fingerprint density at radius 1 is 1.11 bits per heavy atom. The van der Waals surface area contributed by atoms with E-state index in [4.69, 9.17) is 4.74 Å². The summed E-state index contributed by atoms with van der Waals surface area (Å²) in [5.41, 5.74) is 3.95. The molecule has 3 aromatic rings. The van der Waals surface area contributed by atoms with Crippen LogP contribution in [0.4, 0.5) is 8.78 Å². The van der Waals surface area contributed by atoms with E-state index in [0.717, 1.165) is 28.6 Å². The van der Waals surface area contributed by atoms with Gasteiger partial charge in [-0.05, 0) is 31.5 Å². The Kier molecular flexibility index (Phi) is 5.98. The number of benzene rings is 2. The quantitative estimate of drug-likeness (QED) is 0.675. The van der Waals surface area contributed by atoms with E-state index in [0.29, 0.717) is 13.1 Å². The number of halogens is 2. The second-order valence-corrected chi connectivity index (χ2v) is 6.42. The molecule has 6 heteroatoms. The van der Waals surface area contributed by atoms with Crippen LogP contribution >= 0.6 is 0 Å². The maximum absolute atomic E-state index is 14.1. The average molecular weight is 371 g/mol. The number of nitrogens with zero attached hydrogens (tertiary/aromatic N) is 2. The second kappa shape index (κ2) is 8.41. The lowest BCUT2D eigenvalue weighted by molar-refractivity contribution is 0.102. The first-order valence-electron chi connectivity index (χ1n) is 8.80. The number of hydrogen-bond donors (Lipinski definition) is 1. The van der Waals surface area contributed by atoms with Gasteiger partial charge in [0.2, 0.25) is 0 Å². The number of ether oxygens (including phenoxy) is 1. The standard InChI is InChI=1S/C21H23F2N3O/c1-14-18(12-24-13-21(27-3)16-7-5-4-6-8-16)15(2)26(25-14)20-10-9-17(22)11-19(20)23/h4-11,21,24H,12-13H2,1-3H3/t21-/m1/s1. The van der Waals surface area contributed by atoms with Gasteiger partial charge in [0, 0.05) is 37.5 Å². The Balaban J connectivity index is 1.73. The summed E-state index contributed by atoms with van der Waals surface area (Å²) in [5, 5.41) is 7.82. The largest absolute Gasteiger partial charge is 0.375 e. The molecule has 0 saturated carbocycles. The summed E-state index contributed by atoms with van der Waals surface area (Å²) in [7, 11) is 1.69. The van der Waals surface area contributed by atoms with Crippen molar-refractivity contribution in [2.24, 2.45) is 0 Å². The van der Waals surface area contributed by atoms with Gasteiger partial charge in [0.1, 0.15) is 11.5 Å². The topological polar surface area (TPSA) is 39.1 Å². The van der Waals surface area contributed by atoms with Gasteiger partial charge < -0.3 is 10.1 Å². The summed E-state index contributed by atoms with van der Waals surface area (Å²) in [6.45, 7) is 4.97. The molecule has 0 bridgehead atoms. The summed E-state index contributed by atoms with van der Waals surface area (Å²) in [6.07, 6.45) is -0.0589. The lowest BCUT2D eigenvalue weighted by Crippen LogP contribution is -2.23. The van der Waals surface area contributed by atoms with Gasteiger partial charge in [-0.15, -0.1) is 0 Å². The van der Waals surface area contributed by atoms with Gasteiger partial charge in [0.15, 0.2) is 5.82 Å². The molecule has 0 amide bonds. The van der Waals surface area contributed by atoms with Crippen LogP contribution in [0.2, 0.25) is 0 Å². The van der Waals surface area contributed by atoms with Crippen molar-refractivity contribution >= 4 is 0 Å². The first kappa shape index (κ1) is 19.2. The van der Waals surface area contributed by atoms with Crippen LogP contribution in [-0.2, 0) is 11.3 Å². The van der Waals surface area contributed by atoms with Crippen LogP contribution in [0.1, 0.15) is 28.6 Å². The molecule has 0 unspecified atom stereocenters. The lowest BCUT2D eigenvalue weighted by atomic mass is 10.1. The van der Waals surface area contributed by atoms with Crippen molar-refractivity contribution in [2.75, 3.05) is 13.7 Å². The molecule has 0 radical (unpaired) electrons. The van der Waals surface area contributed by atoms with Crippen LogP contribution in [0.3, 0.4) is 0 Å². The summed E-state index contributed by atoms with van der Waals surface area (Å²) >= 11 is 0. The number of methoxy groups -OCH3 is 1. The third kappa shape index (κ3) is 4.23. The number of rotatable bonds is 7. The minimum atomic E-state index is -0.636. The molecule has 1 aromatic heterocycles. The first-order chi connectivity index (χ1) is 13.0. The third-order valence-corrected chi connectivity index (χ3v) is 4.67. The molecule has 27 heavy (non-hydrogen) atoms. The van der Waals surface area contributed by atoms with Crippen molar-refractivity contribution in [3.8, 4) is 5.69 Å². The normalized spacial score (nSPS) is 12.3. The highest BCUT2D eigenvalue weighted by molar-refractivity contribution is 5.38. The van der Waals surface area contributed by atoms with Crippen molar-refractivity contribution in [1.29, 1.82) is 0 Å². The summed E-state index contributed by atoms with van der Waals surface area (Å²) in [5.74, 6) is -1.24. The minimum absolute atomic E-state index is 0.0589. The van der Waals surface area contributed by atoms with E-state index in [1.54, 1.807) is 7.11 Å². The second-order valence-electron chi connectivity index (χ2n) is 6.42. The maximum Gasteiger partial charge on any atom is 0.151 e.